The van der Waals surface area contributed by atoms with Crippen LogP contribution < -0.4 is 34.0 Å². The number of hydrogen-bond donors (Lipinski definition) is 6. The van der Waals surface area contributed by atoms with Crippen LogP contribution in [0.15, 0.2) is 0 Å². The molecular formula is C20H43N7O5. The molecule has 0 aromatic heterocycles. The van der Waals surface area contributed by atoms with Crippen molar-refractivity contribution < 1.29 is 23.9 Å². The van der Waals surface area contributed by atoms with E-state index in [1.165, 1.54) is 4.90 Å². The van der Waals surface area contributed by atoms with Gasteiger partial charge in [0.2, 0.25) is 5.91 Å². The summed E-state index contributed by atoms with van der Waals surface area (Å²) in [7, 11) is 0. The highest BCUT2D eigenvalue weighted by Crippen LogP contribution is 2.05. The fourth-order valence-electron chi connectivity index (χ4n) is 2.95. The predicted octanol–water partition coefficient (Wildman–Crippen LogP) is -0.671. The SMILES string of the molecule is NCCCC[C@@H](N)COC(=O)N(CCCCN)CC(=O)N[C@H](CCCCN)COC(N)=O. The molecule has 0 spiro atoms. The minimum Gasteiger partial charge on any atom is -0.448 e. The van der Waals surface area contributed by atoms with Crippen molar-refractivity contribution in [2.24, 2.45) is 28.7 Å². The summed E-state index contributed by atoms with van der Waals surface area (Å²) >= 11 is 0. The first-order valence-electron chi connectivity index (χ1n) is 11.3. The molecule has 0 radical (unpaired) electrons. The van der Waals surface area contributed by atoms with Crippen LogP contribution in [0.4, 0.5) is 9.59 Å². The van der Waals surface area contributed by atoms with Crippen LogP contribution in [0.2, 0.25) is 0 Å². The number of carbonyl (C=O) groups excluding carboxylic acids is 3. The van der Waals surface area contributed by atoms with E-state index in [9.17, 15) is 14.4 Å². The Morgan fingerprint density at radius 2 is 1.41 bits per heavy atom. The molecule has 0 saturated heterocycles. The van der Waals surface area contributed by atoms with Crippen molar-refractivity contribution in [3.8, 4) is 0 Å². The number of nitrogens with two attached hydrogens (primary N) is 5. The Hall–Kier alpha value is -2.15. The lowest BCUT2D eigenvalue weighted by Gasteiger charge is -2.24. The van der Waals surface area contributed by atoms with Crippen molar-refractivity contribution in [3.63, 3.8) is 0 Å². The molecule has 188 valence electrons. The first-order valence-corrected chi connectivity index (χ1v) is 11.3. The van der Waals surface area contributed by atoms with Gasteiger partial charge in [0.1, 0.15) is 19.8 Å². The van der Waals surface area contributed by atoms with Gasteiger partial charge < -0.3 is 43.5 Å². The third-order valence-corrected chi connectivity index (χ3v) is 4.72. The van der Waals surface area contributed by atoms with Crippen molar-refractivity contribution in [1.82, 2.24) is 10.2 Å². The molecule has 2 atom stereocenters. The monoisotopic (exact) mass is 461 g/mol. The molecule has 0 heterocycles. The third-order valence-electron chi connectivity index (χ3n) is 4.72. The topological polar surface area (TPSA) is 215 Å². The summed E-state index contributed by atoms with van der Waals surface area (Å²) in [6, 6.07) is -0.720. The largest absolute Gasteiger partial charge is 0.448 e. The summed E-state index contributed by atoms with van der Waals surface area (Å²) in [5.41, 5.74) is 27.5. The molecule has 32 heavy (non-hydrogen) atoms. The van der Waals surface area contributed by atoms with Crippen molar-refractivity contribution in [2.75, 3.05) is 45.9 Å². The van der Waals surface area contributed by atoms with E-state index < -0.39 is 24.1 Å². The smallest absolute Gasteiger partial charge is 0.410 e. The van der Waals surface area contributed by atoms with Crippen LogP contribution in [0.3, 0.4) is 0 Å². The summed E-state index contributed by atoms with van der Waals surface area (Å²) in [6.45, 7) is 1.72. The summed E-state index contributed by atoms with van der Waals surface area (Å²) in [5.74, 6) is -0.396. The normalized spacial score (nSPS) is 12.6. The first kappa shape index (κ1) is 29.9. The number of amides is 3. The van der Waals surface area contributed by atoms with Crippen LogP contribution in [0.1, 0.15) is 51.4 Å². The lowest BCUT2D eigenvalue weighted by molar-refractivity contribution is -0.123. The highest BCUT2D eigenvalue weighted by atomic mass is 16.6. The first-order chi connectivity index (χ1) is 15.3. The van der Waals surface area contributed by atoms with Crippen molar-refractivity contribution in [2.45, 2.75) is 63.5 Å². The van der Waals surface area contributed by atoms with Gasteiger partial charge in [0, 0.05) is 12.6 Å². The minimum atomic E-state index is -0.919. The number of nitrogens with one attached hydrogen (secondary N) is 1. The van der Waals surface area contributed by atoms with E-state index in [-0.39, 0.29) is 25.8 Å². The van der Waals surface area contributed by atoms with E-state index in [1.807, 2.05) is 0 Å². The zero-order valence-corrected chi connectivity index (χ0v) is 19.1. The Morgan fingerprint density at radius 1 is 0.812 bits per heavy atom. The molecule has 0 bridgehead atoms. The standard InChI is InChI=1S/C20H43N7O5/c21-9-3-1-7-16(24)14-32-20(30)27(12-6-5-11-23)13-18(28)26-17(8-2-4-10-22)15-31-19(25)29/h16-17H,1-15,21-24H2,(H2,25,29)(H,26,28)/t16-,17-/m1/s1. The van der Waals surface area contributed by atoms with Crippen LogP contribution in [0.25, 0.3) is 0 Å². The Morgan fingerprint density at radius 3 is 2.00 bits per heavy atom. The second-order valence-corrected chi connectivity index (χ2v) is 7.72. The molecule has 0 aromatic carbocycles. The van der Waals surface area contributed by atoms with Crippen LogP contribution >= 0.6 is 0 Å². The second kappa shape index (κ2) is 19.5. The van der Waals surface area contributed by atoms with Crippen LogP contribution in [0, 0.1) is 0 Å². The molecule has 12 heteroatoms. The predicted molar refractivity (Wildman–Crippen MR) is 122 cm³/mol. The molecule has 0 aromatic rings. The second-order valence-electron chi connectivity index (χ2n) is 7.72. The molecule has 0 saturated carbocycles. The Labute approximate surface area is 190 Å². The molecule has 0 aliphatic carbocycles. The average molecular weight is 462 g/mol. The molecule has 11 N–H and O–H groups in total. The number of nitrogens with zero attached hydrogens (tertiary/aromatic N) is 1. The van der Waals surface area contributed by atoms with Gasteiger partial charge in [0.05, 0.1) is 6.04 Å². The zero-order valence-electron chi connectivity index (χ0n) is 19.1. The van der Waals surface area contributed by atoms with E-state index in [1.54, 1.807) is 0 Å². The average Bonchev–Trinajstić information content (AvgIpc) is 2.75. The molecule has 0 aliphatic heterocycles. The lowest BCUT2D eigenvalue weighted by atomic mass is 10.1. The van der Waals surface area contributed by atoms with Gasteiger partial charge in [-0.1, -0.05) is 12.8 Å². The van der Waals surface area contributed by atoms with Crippen molar-refractivity contribution >= 4 is 18.1 Å². The lowest BCUT2D eigenvalue weighted by Crippen LogP contribution is -2.47. The van der Waals surface area contributed by atoms with Gasteiger partial charge >= 0.3 is 12.2 Å². The maximum absolute atomic E-state index is 12.6. The van der Waals surface area contributed by atoms with E-state index in [4.69, 9.17) is 38.1 Å². The van der Waals surface area contributed by atoms with Gasteiger partial charge in [-0.2, -0.15) is 0 Å². The van der Waals surface area contributed by atoms with E-state index in [0.29, 0.717) is 51.9 Å². The Kier molecular flexibility index (Phi) is 18.2. The summed E-state index contributed by atoms with van der Waals surface area (Å²) in [5, 5.41) is 2.78. The molecule has 0 aliphatic rings. The quantitative estimate of drug-likeness (QED) is 0.134. The maximum Gasteiger partial charge on any atom is 0.410 e. The Bertz CT molecular complexity index is 525. The van der Waals surface area contributed by atoms with E-state index in [2.05, 4.69) is 5.32 Å². The molecule has 3 amide bonds. The van der Waals surface area contributed by atoms with E-state index >= 15 is 0 Å². The molecule has 0 rings (SSSR count). The van der Waals surface area contributed by atoms with Gasteiger partial charge in [0.25, 0.3) is 0 Å². The maximum atomic E-state index is 12.6. The van der Waals surface area contributed by atoms with Crippen LogP contribution in [-0.4, -0.2) is 81.0 Å². The van der Waals surface area contributed by atoms with Crippen molar-refractivity contribution in [3.05, 3.63) is 0 Å². The highest BCUT2D eigenvalue weighted by Gasteiger charge is 2.21. The molecular weight excluding hydrogens is 418 g/mol. The summed E-state index contributed by atoms with van der Waals surface area (Å²) in [4.78, 5) is 37.3. The number of hydrogen-bond acceptors (Lipinski definition) is 9. The molecule has 12 nitrogen and oxygen atoms in total. The van der Waals surface area contributed by atoms with E-state index in [0.717, 1.165) is 25.7 Å². The van der Waals surface area contributed by atoms with Gasteiger partial charge in [-0.05, 0) is 58.2 Å². The van der Waals surface area contributed by atoms with Crippen LogP contribution in [-0.2, 0) is 14.3 Å². The fourth-order valence-corrected chi connectivity index (χ4v) is 2.95. The summed E-state index contributed by atoms with van der Waals surface area (Å²) < 4.78 is 10.1. The third kappa shape index (κ3) is 16.5. The molecule has 0 unspecified atom stereocenters. The number of primary amides is 1. The summed E-state index contributed by atoms with van der Waals surface area (Å²) in [6.07, 6.45) is 4.30. The highest BCUT2D eigenvalue weighted by molar-refractivity contribution is 5.82. The van der Waals surface area contributed by atoms with Gasteiger partial charge in [0.15, 0.2) is 0 Å². The number of rotatable bonds is 19. The van der Waals surface area contributed by atoms with Gasteiger partial charge in [-0.25, -0.2) is 9.59 Å². The number of unbranched alkanes of at least 4 members (excludes halogenated alkanes) is 3. The fraction of sp³-hybridized carbons (Fsp3) is 0.850. The van der Waals surface area contributed by atoms with Crippen LogP contribution in [0.5, 0.6) is 0 Å². The Balaban J connectivity index is 4.79. The van der Waals surface area contributed by atoms with Gasteiger partial charge in [-0.15, -0.1) is 0 Å². The number of carbonyl (C=O) groups is 3. The molecule has 0 fully saturated rings. The zero-order chi connectivity index (χ0) is 24.2. The van der Waals surface area contributed by atoms with Gasteiger partial charge in [-0.3, -0.25) is 9.69 Å². The number of ether oxygens (including phenoxy) is 2. The van der Waals surface area contributed by atoms with Crippen molar-refractivity contribution in [1.29, 1.82) is 0 Å². The minimum absolute atomic E-state index is 0.0546.